The van der Waals surface area contributed by atoms with Crippen LogP contribution in [0.4, 0.5) is 0 Å². The van der Waals surface area contributed by atoms with Crippen molar-refractivity contribution in [3.8, 4) is 0 Å². The Kier molecular flexibility index (Phi) is 5.03. The molecule has 1 amide bonds. The van der Waals surface area contributed by atoms with Gasteiger partial charge in [-0.25, -0.2) is 8.42 Å². The van der Waals surface area contributed by atoms with Gasteiger partial charge in [0.15, 0.2) is 0 Å². The highest BCUT2D eigenvalue weighted by molar-refractivity contribution is 7.89. The number of halogens is 1. The van der Waals surface area contributed by atoms with Gasteiger partial charge in [0.2, 0.25) is 15.9 Å². The van der Waals surface area contributed by atoms with Crippen molar-refractivity contribution in [1.82, 2.24) is 4.72 Å². The molecule has 1 heterocycles. The summed E-state index contributed by atoms with van der Waals surface area (Å²) in [7, 11) is -3.77. The molecule has 0 bridgehead atoms. The van der Waals surface area contributed by atoms with Crippen molar-refractivity contribution in [2.45, 2.75) is 18.6 Å². The summed E-state index contributed by atoms with van der Waals surface area (Å²) in [5.74, 6) is -1.37. The molecule has 2 rings (SSSR count). The number of thiophene rings is 1. The van der Waals surface area contributed by atoms with Gasteiger partial charge in [0.25, 0.3) is 0 Å². The normalized spacial score (nSPS) is 12.9. The van der Waals surface area contributed by atoms with E-state index in [2.05, 4.69) is 4.72 Å². The standard InChI is InChI=1S/C14H14ClNO3S2/c1-10(13-7-4-8-20-13)14(17)16-21(18,19)9-11-5-2-3-6-12(11)15/h2-8,10H,9H2,1H3,(H,16,17). The fraction of sp³-hybridized carbons (Fsp3) is 0.214. The van der Waals surface area contributed by atoms with Gasteiger partial charge in [-0.1, -0.05) is 35.9 Å². The molecule has 0 radical (unpaired) electrons. The number of carbonyl (C=O) groups is 1. The predicted octanol–water partition coefficient (Wildman–Crippen LogP) is 3.15. The predicted molar refractivity (Wildman–Crippen MR) is 85.0 cm³/mol. The topological polar surface area (TPSA) is 63.2 Å². The van der Waals surface area contributed by atoms with Crippen LogP contribution in [0, 0.1) is 0 Å². The van der Waals surface area contributed by atoms with Crippen LogP contribution < -0.4 is 4.72 Å². The Morgan fingerprint density at radius 2 is 2.00 bits per heavy atom. The second-order valence-electron chi connectivity index (χ2n) is 4.55. The van der Waals surface area contributed by atoms with Crippen molar-refractivity contribution in [3.05, 3.63) is 57.2 Å². The Hall–Kier alpha value is -1.37. The van der Waals surface area contributed by atoms with E-state index in [1.807, 2.05) is 11.4 Å². The maximum Gasteiger partial charge on any atom is 0.241 e. The van der Waals surface area contributed by atoms with Crippen molar-refractivity contribution in [2.75, 3.05) is 0 Å². The number of amides is 1. The van der Waals surface area contributed by atoms with Gasteiger partial charge in [0.05, 0.1) is 11.7 Å². The van der Waals surface area contributed by atoms with Crippen LogP contribution in [-0.4, -0.2) is 14.3 Å². The Bertz CT molecular complexity index is 726. The van der Waals surface area contributed by atoms with Crippen LogP contribution in [0.1, 0.15) is 23.3 Å². The zero-order valence-electron chi connectivity index (χ0n) is 11.2. The number of nitrogens with one attached hydrogen (secondary N) is 1. The molecule has 1 N–H and O–H groups in total. The first-order chi connectivity index (χ1) is 9.89. The van der Waals surface area contributed by atoms with Gasteiger partial charge in [-0.05, 0) is 30.0 Å². The number of hydrogen-bond acceptors (Lipinski definition) is 4. The Balaban J connectivity index is 2.07. The summed E-state index contributed by atoms with van der Waals surface area (Å²) in [5.41, 5.74) is 0.461. The van der Waals surface area contributed by atoms with E-state index in [0.717, 1.165) is 4.88 Å². The first-order valence-corrected chi connectivity index (χ1v) is 9.11. The summed E-state index contributed by atoms with van der Waals surface area (Å²) in [6.45, 7) is 1.67. The van der Waals surface area contributed by atoms with E-state index in [4.69, 9.17) is 11.6 Å². The van der Waals surface area contributed by atoms with Gasteiger partial charge in [-0.15, -0.1) is 11.3 Å². The molecule has 0 aliphatic heterocycles. The number of benzene rings is 1. The van der Waals surface area contributed by atoms with Crippen molar-refractivity contribution < 1.29 is 13.2 Å². The molecule has 0 spiro atoms. The molecule has 2 aromatic rings. The van der Waals surface area contributed by atoms with Gasteiger partial charge in [0.1, 0.15) is 0 Å². The SMILES string of the molecule is CC(C(=O)NS(=O)(=O)Cc1ccccc1Cl)c1cccs1. The van der Waals surface area contributed by atoms with E-state index in [1.165, 1.54) is 11.3 Å². The molecule has 1 aromatic carbocycles. The third-order valence-electron chi connectivity index (χ3n) is 2.92. The number of hydrogen-bond donors (Lipinski definition) is 1. The number of sulfonamides is 1. The van der Waals surface area contributed by atoms with Crippen LogP contribution in [0.15, 0.2) is 41.8 Å². The average molecular weight is 344 g/mol. The zero-order valence-corrected chi connectivity index (χ0v) is 13.6. The molecule has 0 aliphatic carbocycles. The Labute approximate surface area is 132 Å². The van der Waals surface area contributed by atoms with Crippen LogP contribution in [0.5, 0.6) is 0 Å². The second-order valence-corrected chi connectivity index (χ2v) is 7.66. The van der Waals surface area contributed by atoms with E-state index in [-0.39, 0.29) is 5.75 Å². The van der Waals surface area contributed by atoms with Crippen LogP contribution in [0.2, 0.25) is 5.02 Å². The second kappa shape index (κ2) is 6.60. The highest BCUT2D eigenvalue weighted by Gasteiger charge is 2.22. The molecule has 1 atom stereocenters. The summed E-state index contributed by atoms with van der Waals surface area (Å²) in [5, 5.41) is 2.21. The molecule has 0 fully saturated rings. The fourth-order valence-electron chi connectivity index (χ4n) is 1.76. The molecule has 1 aromatic heterocycles. The molecule has 21 heavy (non-hydrogen) atoms. The minimum atomic E-state index is -3.77. The highest BCUT2D eigenvalue weighted by atomic mass is 35.5. The monoisotopic (exact) mass is 343 g/mol. The van der Waals surface area contributed by atoms with Crippen molar-refractivity contribution >= 4 is 38.9 Å². The summed E-state index contributed by atoms with van der Waals surface area (Å²) in [4.78, 5) is 12.8. The van der Waals surface area contributed by atoms with E-state index >= 15 is 0 Å². The average Bonchev–Trinajstić information content (AvgIpc) is 2.93. The molecular weight excluding hydrogens is 330 g/mol. The van der Waals surface area contributed by atoms with Crippen molar-refractivity contribution in [2.24, 2.45) is 0 Å². The maximum absolute atomic E-state index is 12.0. The molecule has 1 unspecified atom stereocenters. The minimum Gasteiger partial charge on any atom is -0.273 e. The van der Waals surface area contributed by atoms with Crippen molar-refractivity contribution in [3.63, 3.8) is 0 Å². The first-order valence-electron chi connectivity index (χ1n) is 6.20. The van der Waals surface area contributed by atoms with E-state index in [0.29, 0.717) is 10.6 Å². The summed E-state index contributed by atoms with van der Waals surface area (Å²) in [6, 6.07) is 10.3. The number of rotatable bonds is 5. The van der Waals surface area contributed by atoms with Gasteiger partial charge >= 0.3 is 0 Å². The third-order valence-corrected chi connectivity index (χ3v) is 5.55. The lowest BCUT2D eigenvalue weighted by Crippen LogP contribution is -2.34. The lowest BCUT2D eigenvalue weighted by molar-refractivity contribution is -0.120. The molecule has 7 heteroatoms. The largest absolute Gasteiger partial charge is 0.273 e. The van der Waals surface area contributed by atoms with E-state index in [9.17, 15) is 13.2 Å². The summed E-state index contributed by atoms with van der Waals surface area (Å²) in [6.07, 6.45) is 0. The lowest BCUT2D eigenvalue weighted by atomic mass is 10.1. The van der Waals surface area contributed by atoms with E-state index in [1.54, 1.807) is 37.3 Å². The molecule has 0 aliphatic rings. The zero-order chi connectivity index (χ0) is 15.5. The number of carbonyl (C=O) groups excluding carboxylic acids is 1. The fourth-order valence-corrected chi connectivity index (χ4v) is 4.05. The van der Waals surface area contributed by atoms with Crippen LogP contribution in [-0.2, 0) is 20.6 Å². The van der Waals surface area contributed by atoms with Crippen LogP contribution >= 0.6 is 22.9 Å². The summed E-state index contributed by atoms with van der Waals surface area (Å²) >= 11 is 7.35. The summed E-state index contributed by atoms with van der Waals surface area (Å²) < 4.78 is 26.2. The molecule has 0 saturated heterocycles. The Morgan fingerprint density at radius 3 is 2.62 bits per heavy atom. The van der Waals surface area contributed by atoms with Crippen LogP contribution in [0.25, 0.3) is 0 Å². The van der Waals surface area contributed by atoms with Crippen LogP contribution in [0.3, 0.4) is 0 Å². The molecule has 0 saturated carbocycles. The lowest BCUT2D eigenvalue weighted by Gasteiger charge is -2.11. The molecule has 112 valence electrons. The van der Waals surface area contributed by atoms with Gasteiger partial charge in [-0.3, -0.25) is 9.52 Å². The van der Waals surface area contributed by atoms with E-state index < -0.39 is 21.8 Å². The van der Waals surface area contributed by atoms with Gasteiger partial charge < -0.3 is 0 Å². The smallest absolute Gasteiger partial charge is 0.241 e. The van der Waals surface area contributed by atoms with Gasteiger partial charge in [-0.2, -0.15) is 0 Å². The molecular formula is C14H14ClNO3S2. The Morgan fingerprint density at radius 1 is 1.29 bits per heavy atom. The van der Waals surface area contributed by atoms with Gasteiger partial charge in [0, 0.05) is 9.90 Å². The highest BCUT2D eigenvalue weighted by Crippen LogP contribution is 2.22. The van der Waals surface area contributed by atoms with Crippen molar-refractivity contribution in [1.29, 1.82) is 0 Å². The minimum absolute atomic E-state index is 0.324. The third kappa shape index (κ3) is 4.30. The maximum atomic E-state index is 12.0. The molecule has 4 nitrogen and oxygen atoms in total. The first kappa shape index (κ1) is 16.0. The quantitative estimate of drug-likeness (QED) is 0.907.